The van der Waals surface area contributed by atoms with Gasteiger partial charge in [-0.25, -0.2) is 0 Å². The van der Waals surface area contributed by atoms with E-state index in [0.717, 1.165) is 16.7 Å². The normalized spacial score (nSPS) is 17.9. The molecule has 5 heteroatoms. The second-order valence-electron chi connectivity index (χ2n) is 8.90. The maximum atomic E-state index is 13.6. The monoisotopic (exact) mass is 387 g/mol. The zero-order valence-corrected chi connectivity index (χ0v) is 18.6. The summed E-state index contributed by atoms with van der Waals surface area (Å²) in [6.45, 7) is 17.4. The van der Waals surface area contributed by atoms with Crippen molar-refractivity contribution in [1.82, 2.24) is 4.90 Å². The summed E-state index contributed by atoms with van der Waals surface area (Å²) in [7, 11) is 0. The van der Waals surface area contributed by atoms with Crippen LogP contribution in [0.1, 0.15) is 65.2 Å². The molecule has 0 radical (unpaired) electrons. The predicted molar refractivity (Wildman–Crippen MR) is 110 cm³/mol. The van der Waals surface area contributed by atoms with Crippen molar-refractivity contribution in [3.05, 3.63) is 40.6 Å². The second-order valence-corrected chi connectivity index (χ2v) is 8.90. The average Bonchev–Trinajstić information content (AvgIpc) is 2.73. The lowest BCUT2D eigenvalue weighted by Crippen LogP contribution is -2.50. The summed E-state index contributed by atoms with van der Waals surface area (Å²) in [4.78, 5) is 28.0. The first kappa shape index (κ1) is 22.2. The molecule has 1 heterocycles. The zero-order valence-electron chi connectivity index (χ0n) is 18.6. The zero-order chi connectivity index (χ0) is 21.4. The van der Waals surface area contributed by atoms with Gasteiger partial charge in [0, 0.05) is 6.61 Å². The van der Waals surface area contributed by atoms with Gasteiger partial charge in [-0.15, -0.1) is 0 Å². The molecule has 0 aromatic heterocycles. The molecule has 0 saturated carbocycles. The van der Waals surface area contributed by atoms with Crippen LogP contribution in [0.3, 0.4) is 0 Å². The Hall–Kier alpha value is -2.14. The molecule has 0 N–H and O–H groups in total. The first-order valence-corrected chi connectivity index (χ1v) is 9.82. The Kier molecular flexibility index (Phi) is 6.10. The molecule has 0 fully saturated rings. The molecule has 1 aliphatic heterocycles. The standard InChI is InChI=1S/C23H33NO4/c1-10-27-16(4)24-20(25)18(17-14(2)12-11-13-15(17)3)19(23(24,8)9)28-21(26)22(5,6)7/h11-13,16H,10H2,1-9H3. The smallest absolute Gasteiger partial charge is 0.316 e. The summed E-state index contributed by atoms with van der Waals surface area (Å²) in [5.74, 6) is -0.153. The van der Waals surface area contributed by atoms with Crippen LogP contribution >= 0.6 is 0 Å². The van der Waals surface area contributed by atoms with Crippen molar-refractivity contribution in [3.8, 4) is 0 Å². The molecule has 1 unspecified atom stereocenters. The molecule has 1 amide bonds. The van der Waals surface area contributed by atoms with E-state index in [-0.39, 0.29) is 11.9 Å². The lowest BCUT2D eigenvalue weighted by molar-refractivity contribution is -0.155. The summed E-state index contributed by atoms with van der Waals surface area (Å²) in [6.07, 6.45) is -0.447. The largest absolute Gasteiger partial charge is 0.427 e. The number of esters is 1. The fourth-order valence-electron chi connectivity index (χ4n) is 3.67. The van der Waals surface area contributed by atoms with Gasteiger partial charge in [0.15, 0.2) is 0 Å². The Bertz CT molecular complexity index is 794. The van der Waals surface area contributed by atoms with Gasteiger partial charge in [-0.1, -0.05) is 18.2 Å². The number of carbonyl (C=O) groups is 2. The Balaban J connectivity index is 2.72. The van der Waals surface area contributed by atoms with Crippen LogP contribution in [0, 0.1) is 19.3 Å². The molecule has 0 aliphatic carbocycles. The molecule has 5 nitrogen and oxygen atoms in total. The van der Waals surface area contributed by atoms with E-state index in [0.29, 0.717) is 17.9 Å². The van der Waals surface area contributed by atoms with E-state index in [1.165, 1.54) is 0 Å². The van der Waals surface area contributed by atoms with Crippen LogP contribution in [0.15, 0.2) is 24.0 Å². The van der Waals surface area contributed by atoms with Gasteiger partial charge >= 0.3 is 5.97 Å². The van der Waals surface area contributed by atoms with Crippen LogP contribution in [0.4, 0.5) is 0 Å². The lowest BCUT2D eigenvalue weighted by atomic mass is 9.92. The van der Waals surface area contributed by atoms with E-state index in [9.17, 15) is 9.59 Å². The Labute approximate surface area is 168 Å². The summed E-state index contributed by atoms with van der Waals surface area (Å²) >= 11 is 0. The van der Waals surface area contributed by atoms with Crippen LogP contribution in [-0.2, 0) is 19.1 Å². The number of hydrogen-bond donors (Lipinski definition) is 0. The molecule has 154 valence electrons. The lowest BCUT2D eigenvalue weighted by Gasteiger charge is -2.37. The summed E-state index contributed by atoms with van der Waals surface area (Å²) < 4.78 is 11.7. The quantitative estimate of drug-likeness (QED) is 0.693. The highest BCUT2D eigenvalue weighted by atomic mass is 16.5. The van der Waals surface area contributed by atoms with Crippen molar-refractivity contribution < 1.29 is 19.1 Å². The van der Waals surface area contributed by atoms with E-state index >= 15 is 0 Å². The highest BCUT2D eigenvalue weighted by Crippen LogP contribution is 2.44. The fraction of sp³-hybridized carbons (Fsp3) is 0.565. The number of rotatable bonds is 5. The van der Waals surface area contributed by atoms with Crippen molar-refractivity contribution in [2.45, 2.75) is 74.1 Å². The molecule has 2 rings (SSSR count). The second kappa shape index (κ2) is 7.70. The third kappa shape index (κ3) is 3.86. The molecule has 0 spiro atoms. The van der Waals surface area contributed by atoms with Crippen LogP contribution < -0.4 is 0 Å². The van der Waals surface area contributed by atoms with Gasteiger partial charge in [-0.3, -0.25) is 9.59 Å². The molecular weight excluding hydrogens is 354 g/mol. The molecule has 1 aromatic rings. The minimum absolute atomic E-state index is 0.181. The van der Waals surface area contributed by atoms with Gasteiger partial charge in [0.2, 0.25) is 0 Å². The molecule has 28 heavy (non-hydrogen) atoms. The van der Waals surface area contributed by atoms with Crippen molar-refractivity contribution in [3.63, 3.8) is 0 Å². The Morgan fingerprint density at radius 2 is 1.71 bits per heavy atom. The molecular formula is C23H33NO4. The van der Waals surface area contributed by atoms with Gasteiger partial charge in [-0.05, 0) is 79.0 Å². The number of hydrogen-bond acceptors (Lipinski definition) is 4. The minimum atomic E-state index is -0.823. The number of amides is 1. The molecule has 1 aromatic carbocycles. The Morgan fingerprint density at radius 3 is 2.18 bits per heavy atom. The number of benzene rings is 1. The van der Waals surface area contributed by atoms with Crippen molar-refractivity contribution in [2.24, 2.45) is 5.41 Å². The Morgan fingerprint density at radius 1 is 1.18 bits per heavy atom. The predicted octanol–water partition coefficient (Wildman–Crippen LogP) is 4.61. The van der Waals surface area contributed by atoms with E-state index in [1.54, 1.807) is 25.7 Å². The van der Waals surface area contributed by atoms with Crippen LogP contribution in [0.25, 0.3) is 5.57 Å². The van der Waals surface area contributed by atoms with Crippen LogP contribution in [0.2, 0.25) is 0 Å². The molecule has 0 saturated heterocycles. The summed E-state index contributed by atoms with van der Waals surface area (Å²) in [6, 6.07) is 5.89. The van der Waals surface area contributed by atoms with Gasteiger partial charge in [0.25, 0.3) is 5.91 Å². The first-order chi connectivity index (χ1) is 12.8. The maximum absolute atomic E-state index is 13.6. The minimum Gasteiger partial charge on any atom is -0.427 e. The number of nitrogens with zero attached hydrogens (tertiary/aromatic N) is 1. The third-order valence-corrected chi connectivity index (χ3v) is 5.13. The number of ether oxygens (including phenoxy) is 2. The van der Waals surface area contributed by atoms with Gasteiger partial charge in [0.1, 0.15) is 12.0 Å². The van der Waals surface area contributed by atoms with Gasteiger partial charge < -0.3 is 14.4 Å². The molecule has 1 aliphatic rings. The SMILES string of the molecule is CCOC(C)N1C(=O)C(c2c(C)cccc2C)=C(OC(=O)C(C)(C)C)C1(C)C. The van der Waals surface area contributed by atoms with Gasteiger partial charge in [-0.2, -0.15) is 0 Å². The van der Waals surface area contributed by atoms with Crippen molar-refractivity contribution in [2.75, 3.05) is 6.61 Å². The average molecular weight is 388 g/mol. The molecule has 1 atom stereocenters. The van der Waals surface area contributed by atoms with Crippen molar-refractivity contribution in [1.29, 1.82) is 0 Å². The maximum Gasteiger partial charge on any atom is 0.316 e. The summed E-state index contributed by atoms with van der Waals surface area (Å²) in [5.41, 5.74) is 1.70. The number of carbonyl (C=O) groups excluding carboxylic acids is 2. The van der Waals surface area contributed by atoms with Gasteiger partial charge in [0.05, 0.1) is 16.5 Å². The first-order valence-electron chi connectivity index (χ1n) is 9.82. The fourth-order valence-corrected chi connectivity index (χ4v) is 3.67. The number of aryl methyl sites for hydroxylation is 2. The van der Waals surface area contributed by atoms with Crippen molar-refractivity contribution >= 4 is 17.4 Å². The topological polar surface area (TPSA) is 55.8 Å². The summed E-state index contributed by atoms with van der Waals surface area (Å²) in [5, 5.41) is 0. The van der Waals surface area contributed by atoms with E-state index in [1.807, 2.05) is 59.7 Å². The highest BCUT2D eigenvalue weighted by molar-refractivity contribution is 6.24. The van der Waals surface area contributed by atoms with E-state index in [4.69, 9.17) is 9.47 Å². The third-order valence-electron chi connectivity index (χ3n) is 5.13. The van der Waals surface area contributed by atoms with Crippen LogP contribution in [-0.4, -0.2) is 35.2 Å². The van der Waals surface area contributed by atoms with Crippen LogP contribution in [0.5, 0.6) is 0 Å². The highest BCUT2D eigenvalue weighted by Gasteiger charge is 2.51. The molecule has 0 bridgehead atoms. The van der Waals surface area contributed by atoms with E-state index in [2.05, 4.69) is 0 Å². The van der Waals surface area contributed by atoms with E-state index < -0.39 is 17.2 Å².